The van der Waals surface area contributed by atoms with Crippen LogP contribution in [0.4, 0.5) is 4.39 Å². The number of hydrogen-bond donors (Lipinski definition) is 2. The second kappa shape index (κ2) is 7.40. The first-order valence-electron chi connectivity index (χ1n) is 10.0. The van der Waals surface area contributed by atoms with Crippen molar-refractivity contribution >= 4 is 21.9 Å². The van der Waals surface area contributed by atoms with Gasteiger partial charge in [-0.25, -0.2) is 14.4 Å². The van der Waals surface area contributed by atoms with E-state index < -0.39 is 0 Å². The summed E-state index contributed by atoms with van der Waals surface area (Å²) >= 11 is 0. The van der Waals surface area contributed by atoms with Crippen LogP contribution in [0.2, 0.25) is 0 Å². The molecule has 1 saturated heterocycles. The molecule has 0 aliphatic carbocycles. The van der Waals surface area contributed by atoms with Crippen LogP contribution in [0, 0.1) is 5.82 Å². The lowest BCUT2D eigenvalue weighted by Crippen LogP contribution is -2.35. The molecule has 3 aromatic heterocycles. The first-order valence-corrected chi connectivity index (χ1v) is 10.0. The summed E-state index contributed by atoms with van der Waals surface area (Å²) in [5.41, 5.74) is 2.47. The van der Waals surface area contributed by atoms with Gasteiger partial charge in [-0.1, -0.05) is 0 Å². The van der Waals surface area contributed by atoms with Crippen LogP contribution in [0.3, 0.4) is 0 Å². The molecule has 0 unspecified atom stereocenters. The SMILES string of the molecule is O=c1[nH]c(C2CCN(CCc3c[nH]c4cc(F)ccc34)CC2)nc2ncccc12. The highest BCUT2D eigenvalue weighted by molar-refractivity contribution is 5.83. The van der Waals surface area contributed by atoms with Crippen LogP contribution < -0.4 is 5.56 Å². The van der Waals surface area contributed by atoms with Crippen LogP contribution in [-0.4, -0.2) is 44.5 Å². The summed E-state index contributed by atoms with van der Waals surface area (Å²) in [7, 11) is 0. The minimum Gasteiger partial charge on any atom is -0.361 e. The van der Waals surface area contributed by atoms with Gasteiger partial charge >= 0.3 is 0 Å². The molecule has 1 fully saturated rings. The molecule has 29 heavy (non-hydrogen) atoms. The summed E-state index contributed by atoms with van der Waals surface area (Å²) in [6.07, 6.45) is 6.49. The molecule has 1 aliphatic rings. The second-order valence-corrected chi connectivity index (χ2v) is 7.70. The largest absolute Gasteiger partial charge is 0.361 e. The fourth-order valence-corrected chi connectivity index (χ4v) is 4.26. The molecule has 1 aliphatic heterocycles. The Bertz CT molecular complexity index is 1220. The van der Waals surface area contributed by atoms with Crippen molar-refractivity contribution in [2.24, 2.45) is 0 Å². The Labute approximate surface area is 166 Å². The van der Waals surface area contributed by atoms with E-state index in [2.05, 4.69) is 24.8 Å². The number of piperidine rings is 1. The molecule has 0 radical (unpaired) electrons. The zero-order valence-electron chi connectivity index (χ0n) is 16.0. The third-order valence-electron chi connectivity index (χ3n) is 5.90. The number of aromatic amines is 2. The van der Waals surface area contributed by atoms with Crippen LogP contribution in [0.25, 0.3) is 21.9 Å². The lowest BCUT2D eigenvalue weighted by molar-refractivity contribution is 0.211. The van der Waals surface area contributed by atoms with Crippen LogP contribution in [0.15, 0.2) is 47.5 Å². The van der Waals surface area contributed by atoms with Crippen molar-refractivity contribution in [3.05, 3.63) is 70.3 Å². The lowest BCUT2D eigenvalue weighted by Gasteiger charge is -2.31. The molecule has 0 atom stereocenters. The van der Waals surface area contributed by atoms with Crippen molar-refractivity contribution < 1.29 is 4.39 Å². The number of hydrogen-bond acceptors (Lipinski definition) is 4. The molecule has 0 amide bonds. The number of likely N-dealkylation sites (tertiary alicyclic amines) is 1. The standard InChI is InChI=1S/C22H22FN5O/c23-16-3-4-17-15(13-25-19(17)12-16)7-11-28-9-5-14(6-10-28)20-26-21-18(22(29)27-20)2-1-8-24-21/h1-4,8,12-14,25H,5-7,9-11H2,(H,24,26,27,29). The van der Waals surface area contributed by atoms with Gasteiger partial charge in [-0.2, -0.15) is 0 Å². The molecular formula is C22H22FN5O. The monoisotopic (exact) mass is 391 g/mol. The molecule has 2 N–H and O–H groups in total. The van der Waals surface area contributed by atoms with E-state index in [1.807, 2.05) is 12.3 Å². The summed E-state index contributed by atoms with van der Waals surface area (Å²) in [5.74, 6) is 0.782. The van der Waals surface area contributed by atoms with Gasteiger partial charge in [0.2, 0.25) is 0 Å². The Kier molecular flexibility index (Phi) is 4.60. The number of fused-ring (bicyclic) bond motifs is 2. The highest BCUT2D eigenvalue weighted by Crippen LogP contribution is 2.26. The molecule has 0 bridgehead atoms. The number of pyridine rings is 1. The van der Waals surface area contributed by atoms with E-state index in [1.54, 1.807) is 18.3 Å². The van der Waals surface area contributed by atoms with Crippen molar-refractivity contribution in [3.63, 3.8) is 0 Å². The van der Waals surface area contributed by atoms with Crippen molar-refractivity contribution in [2.75, 3.05) is 19.6 Å². The molecule has 7 heteroatoms. The summed E-state index contributed by atoms with van der Waals surface area (Å²) < 4.78 is 13.4. The predicted molar refractivity (Wildman–Crippen MR) is 111 cm³/mol. The molecule has 1 aromatic carbocycles. The zero-order valence-corrected chi connectivity index (χ0v) is 16.0. The minimum absolute atomic E-state index is 0.115. The Morgan fingerprint density at radius 2 is 2.03 bits per heavy atom. The van der Waals surface area contributed by atoms with Gasteiger partial charge in [0, 0.05) is 35.8 Å². The maximum atomic E-state index is 13.4. The average Bonchev–Trinajstić information content (AvgIpc) is 3.14. The first kappa shape index (κ1) is 18.0. The lowest BCUT2D eigenvalue weighted by atomic mass is 9.95. The number of halogens is 1. The Balaban J connectivity index is 1.23. The molecular weight excluding hydrogens is 369 g/mol. The molecule has 4 aromatic rings. The maximum Gasteiger partial charge on any atom is 0.260 e. The number of benzene rings is 1. The van der Waals surface area contributed by atoms with Crippen molar-refractivity contribution in [1.29, 1.82) is 0 Å². The highest BCUT2D eigenvalue weighted by Gasteiger charge is 2.23. The predicted octanol–water partition coefficient (Wildman–Crippen LogP) is 3.36. The Hall–Kier alpha value is -3.06. The van der Waals surface area contributed by atoms with Crippen molar-refractivity contribution in [2.45, 2.75) is 25.2 Å². The van der Waals surface area contributed by atoms with Gasteiger partial charge < -0.3 is 14.9 Å². The molecule has 0 spiro atoms. The van der Waals surface area contributed by atoms with E-state index >= 15 is 0 Å². The summed E-state index contributed by atoms with van der Waals surface area (Å²) in [6, 6.07) is 8.40. The fraction of sp³-hybridized carbons (Fsp3) is 0.318. The van der Waals surface area contributed by atoms with Crippen LogP contribution in [0.1, 0.15) is 30.1 Å². The van der Waals surface area contributed by atoms with Crippen LogP contribution in [0.5, 0.6) is 0 Å². The summed E-state index contributed by atoms with van der Waals surface area (Å²) in [4.78, 5) is 29.7. The minimum atomic E-state index is -0.219. The third kappa shape index (κ3) is 3.53. The molecule has 5 rings (SSSR count). The van der Waals surface area contributed by atoms with Gasteiger partial charge in [0.05, 0.1) is 5.39 Å². The second-order valence-electron chi connectivity index (χ2n) is 7.70. The van der Waals surface area contributed by atoms with E-state index in [4.69, 9.17) is 0 Å². The van der Waals surface area contributed by atoms with E-state index in [-0.39, 0.29) is 17.3 Å². The molecule has 6 nitrogen and oxygen atoms in total. The number of aromatic nitrogens is 4. The Morgan fingerprint density at radius 1 is 1.17 bits per heavy atom. The highest BCUT2D eigenvalue weighted by atomic mass is 19.1. The van der Waals surface area contributed by atoms with Gasteiger partial charge in [-0.3, -0.25) is 4.79 Å². The topological polar surface area (TPSA) is 77.7 Å². The molecule has 4 heterocycles. The number of nitrogens with zero attached hydrogens (tertiary/aromatic N) is 3. The quantitative estimate of drug-likeness (QED) is 0.559. The van der Waals surface area contributed by atoms with Crippen LogP contribution >= 0.6 is 0 Å². The zero-order chi connectivity index (χ0) is 19.8. The smallest absolute Gasteiger partial charge is 0.260 e. The average molecular weight is 391 g/mol. The Morgan fingerprint density at radius 3 is 2.90 bits per heavy atom. The van der Waals surface area contributed by atoms with E-state index in [0.717, 1.165) is 55.6 Å². The summed E-state index contributed by atoms with van der Waals surface area (Å²) in [5, 5.41) is 1.62. The third-order valence-corrected chi connectivity index (χ3v) is 5.90. The van der Waals surface area contributed by atoms with Crippen molar-refractivity contribution in [3.8, 4) is 0 Å². The number of nitrogens with one attached hydrogen (secondary N) is 2. The number of H-pyrrole nitrogens is 2. The molecule has 148 valence electrons. The van der Waals surface area contributed by atoms with E-state index in [1.165, 1.54) is 17.7 Å². The van der Waals surface area contributed by atoms with Gasteiger partial charge in [-0.15, -0.1) is 0 Å². The maximum absolute atomic E-state index is 13.4. The first-order chi connectivity index (χ1) is 14.2. The molecule has 0 saturated carbocycles. The van der Waals surface area contributed by atoms with Crippen molar-refractivity contribution in [1.82, 2.24) is 24.8 Å². The van der Waals surface area contributed by atoms with Gasteiger partial charge in [-0.05, 0) is 68.2 Å². The van der Waals surface area contributed by atoms with E-state index in [9.17, 15) is 9.18 Å². The summed E-state index contributed by atoms with van der Waals surface area (Å²) in [6.45, 7) is 2.89. The van der Waals surface area contributed by atoms with Crippen LogP contribution in [-0.2, 0) is 6.42 Å². The van der Waals surface area contributed by atoms with Gasteiger partial charge in [0.15, 0.2) is 5.65 Å². The fourth-order valence-electron chi connectivity index (χ4n) is 4.26. The van der Waals surface area contributed by atoms with Gasteiger partial charge in [0.25, 0.3) is 5.56 Å². The van der Waals surface area contributed by atoms with Gasteiger partial charge in [0.1, 0.15) is 11.6 Å². The normalized spacial score (nSPS) is 16.0. The van der Waals surface area contributed by atoms with E-state index in [0.29, 0.717) is 11.0 Å². The number of rotatable bonds is 4.